The molecule has 5 nitrogen and oxygen atoms in total. The van der Waals surface area contributed by atoms with Gasteiger partial charge in [-0.15, -0.1) is 0 Å². The molecule has 24 heavy (non-hydrogen) atoms. The standard InChI is InChI=1S/C15H12F4N4O/c16-11-5-4-9(7-10(11)15(17,18)19)12-8-13(23-22-12)21-14(24)3-1-2-6-20/h4-5,7-8H,1-3H2,(H2,21,22,23,24). The topological polar surface area (TPSA) is 81.6 Å². The highest BCUT2D eigenvalue weighted by molar-refractivity contribution is 5.90. The summed E-state index contributed by atoms with van der Waals surface area (Å²) in [5, 5.41) is 17.2. The summed E-state index contributed by atoms with van der Waals surface area (Å²) >= 11 is 0. The van der Waals surface area contributed by atoms with E-state index < -0.39 is 17.6 Å². The number of carbonyl (C=O) groups is 1. The number of benzene rings is 1. The number of H-pyrrole nitrogens is 1. The number of nitrogens with zero attached hydrogens (tertiary/aromatic N) is 2. The van der Waals surface area contributed by atoms with Crippen LogP contribution in [0.5, 0.6) is 0 Å². The molecular formula is C15H12F4N4O. The van der Waals surface area contributed by atoms with Crippen molar-refractivity contribution in [2.75, 3.05) is 5.32 Å². The van der Waals surface area contributed by atoms with Gasteiger partial charge in [0.25, 0.3) is 0 Å². The highest BCUT2D eigenvalue weighted by atomic mass is 19.4. The van der Waals surface area contributed by atoms with Gasteiger partial charge in [-0.1, -0.05) is 0 Å². The van der Waals surface area contributed by atoms with Gasteiger partial charge in [0.2, 0.25) is 5.91 Å². The molecule has 1 aromatic heterocycles. The van der Waals surface area contributed by atoms with Gasteiger partial charge in [0.05, 0.1) is 17.3 Å². The number of aromatic nitrogens is 2. The molecule has 126 valence electrons. The minimum absolute atomic E-state index is 0.0601. The third-order valence-corrected chi connectivity index (χ3v) is 3.11. The Kier molecular flexibility index (Phi) is 5.18. The van der Waals surface area contributed by atoms with E-state index >= 15 is 0 Å². The van der Waals surface area contributed by atoms with Crippen LogP contribution >= 0.6 is 0 Å². The Bertz CT molecular complexity index is 777. The molecule has 0 fully saturated rings. The molecule has 0 aliphatic heterocycles. The summed E-state index contributed by atoms with van der Waals surface area (Å²) in [6.07, 6.45) is -4.03. The van der Waals surface area contributed by atoms with Crippen LogP contribution in [0.15, 0.2) is 24.3 Å². The van der Waals surface area contributed by atoms with Gasteiger partial charge in [-0.05, 0) is 24.6 Å². The largest absolute Gasteiger partial charge is 0.419 e. The number of rotatable bonds is 5. The van der Waals surface area contributed by atoms with Crippen LogP contribution in [-0.2, 0) is 11.0 Å². The van der Waals surface area contributed by atoms with E-state index in [1.54, 1.807) is 0 Å². The van der Waals surface area contributed by atoms with Crippen LogP contribution in [0.3, 0.4) is 0 Å². The average Bonchev–Trinajstić information content (AvgIpc) is 2.95. The summed E-state index contributed by atoms with van der Waals surface area (Å²) in [5.74, 6) is -1.52. The molecular weight excluding hydrogens is 328 g/mol. The van der Waals surface area contributed by atoms with Gasteiger partial charge in [0.1, 0.15) is 11.6 Å². The Morgan fingerprint density at radius 2 is 2.08 bits per heavy atom. The maximum absolute atomic E-state index is 13.3. The summed E-state index contributed by atoms with van der Waals surface area (Å²) in [4.78, 5) is 11.6. The minimum Gasteiger partial charge on any atom is -0.311 e. The van der Waals surface area contributed by atoms with Gasteiger partial charge in [-0.3, -0.25) is 9.89 Å². The second-order valence-electron chi connectivity index (χ2n) is 4.92. The zero-order chi connectivity index (χ0) is 17.7. The molecule has 1 heterocycles. The summed E-state index contributed by atoms with van der Waals surface area (Å²) in [7, 11) is 0. The van der Waals surface area contributed by atoms with Crippen LogP contribution in [-0.4, -0.2) is 16.1 Å². The van der Waals surface area contributed by atoms with Crippen LogP contribution in [0.1, 0.15) is 24.8 Å². The van der Waals surface area contributed by atoms with Crippen LogP contribution in [0.25, 0.3) is 11.3 Å². The lowest BCUT2D eigenvalue weighted by Gasteiger charge is -2.08. The van der Waals surface area contributed by atoms with Crippen molar-refractivity contribution in [3.63, 3.8) is 0 Å². The number of carbonyl (C=O) groups excluding carboxylic acids is 1. The van der Waals surface area contributed by atoms with Crippen LogP contribution in [0, 0.1) is 17.1 Å². The number of halogens is 4. The molecule has 1 amide bonds. The number of amides is 1. The first kappa shape index (κ1) is 17.5. The fourth-order valence-electron chi connectivity index (χ4n) is 1.98. The number of nitriles is 1. The number of hydrogen-bond donors (Lipinski definition) is 2. The number of anilines is 1. The van der Waals surface area contributed by atoms with Crippen molar-refractivity contribution in [3.8, 4) is 17.3 Å². The Hall–Kier alpha value is -2.89. The maximum Gasteiger partial charge on any atom is 0.419 e. The monoisotopic (exact) mass is 340 g/mol. The first-order valence-corrected chi connectivity index (χ1v) is 6.90. The lowest BCUT2D eigenvalue weighted by molar-refractivity contribution is -0.140. The first-order chi connectivity index (χ1) is 11.3. The lowest BCUT2D eigenvalue weighted by Crippen LogP contribution is -2.11. The zero-order valence-electron chi connectivity index (χ0n) is 12.2. The van der Waals surface area contributed by atoms with Crippen molar-refractivity contribution < 1.29 is 22.4 Å². The van der Waals surface area contributed by atoms with Gasteiger partial charge < -0.3 is 5.32 Å². The second-order valence-corrected chi connectivity index (χ2v) is 4.92. The van der Waals surface area contributed by atoms with E-state index in [-0.39, 0.29) is 35.8 Å². The summed E-state index contributed by atoms with van der Waals surface area (Å²) < 4.78 is 51.4. The van der Waals surface area contributed by atoms with E-state index in [1.807, 2.05) is 6.07 Å². The molecule has 2 N–H and O–H groups in total. The molecule has 0 aliphatic rings. The number of unbranched alkanes of at least 4 members (excludes halogenated alkanes) is 1. The van der Waals surface area contributed by atoms with Crippen LogP contribution in [0.4, 0.5) is 23.4 Å². The summed E-state index contributed by atoms with van der Waals surface area (Å²) in [5.41, 5.74) is -1.19. The van der Waals surface area contributed by atoms with Gasteiger partial charge in [0.15, 0.2) is 0 Å². The summed E-state index contributed by atoms with van der Waals surface area (Å²) in [6, 6.07) is 5.79. The van der Waals surface area contributed by atoms with E-state index in [9.17, 15) is 22.4 Å². The molecule has 0 spiro atoms. The number of hydrogen-bond acceptors (Lipinski definition) is 3. The smallest absolute Gasteiger partial charge is 0.311 e. The third kappa shape index (κ3) is 4.32. The van der Waals surface area contributed by atoms with Crippen LogP contribution < -0.4 is 5.32 Å². The van der Waals surface area contributed by atoms with Gasteiger partial charge >= 0.3 is 6.18 Å². The predicted octanol–water partition coefficient (Wildman–Crippen LogP) is 3.87. The fraction of sp³-hybridized carbons (Fsp3) is 0.267. The van der Waals surface area contributed by atoms with Crippen molar-refractivity contribution in [3.05, 3.63) is 35.6 Å². The molecule has 2 aromatic rings. The molecule has 0 radical (unpaired) electrons. The van der Waals surface area contributed by atoms with E-state index in [0.717, 1.165) is 0 Å². The van der Waals surface area contributed by atoms with Gasteiger partial charge in [-0.2, -0.15) is 23.5 Å². The predicted molar refractivity (Wildman–Crippen MR) is 77.1 cm³/mol. The van der Waals surface area contributed by atoms with E-state index in [4.69, 9.17) is 5.26 Å². The van der Waals surface area contributed by atoms with E-state index in [2.05, 4.69) is 15.5 Å². The third-order valence-electron chi connectivity index (χ3n) is 3.11. The minimum atomic E-state index is -4.81. The molecule has 0 unspecified atom stereocenters. The van der Waals surface area contributed by atoms with Crippen molar-refractivity contribution in [1.29, 1.82) is 5.26 Å². The van der Waals surface area contributed by atoms with Crippen molar-refractivity contribution >= 4 is 11.7 Å². The summed E-state index contributed by atoms with van der Waals surface area (Å²) in [6.45, 7) is 0. The Labute approximate surface area is 134 Å². The molecule has 0 atom stereocenters. The van der Waals surface area contributed by atoms with Gasteiger partial charge in [0, 0.05) is 24.5 Å². The number of alkyl halides is 3. The molecule has 2 rings (SSSR count). The quantitative estimate of drug-likeness (QED) is 0.640. The highest BCUT2D eigenvalue weighted by Crippen LogP contribution is 2.34. The molecule has 0 bridgehead atoms. The molecule has 1 aromatic carbocycles. The van der Waals surface area contributed by atoms with Crippen molar-refractivity contribution in [1.82, 2.24) is 10.2 Å². The molecule has 9 heteroatoms. The lowest BCUT2D eigenvalue weighted by atomic mass is 10.1. The van der Waals surface area contributed by atoms with Gasteiger partial charge in [-0.25, -0.2) is 4.39 Å². The van der Waals surface area contributed by atoms with Crippen LogP contribution in [0.2, 0.25) is 0 Å². The Balaban J connectivity index is 2.14. The van der Waals surface area contributed by atoms with Crippen molar-refractivity contribution in [2.24, 2.45) is 0 Å². The Morgan fingerprint density at radius 3 is 2.75 bits per heavy atom. The molecule has 0 saturated carbocycles. The highest BCUT2D eigenvalue weighted by Gasteiger charge is 2.34. The SMILES string of the molecule is N#CCCCC(=O)Nc1cc(-c2ccc(F)c(C(F)(F)F)c2)n[nH]1. The number of aromatic amines is 1. The Morgan fingerprint density at radius 1 is 1.33 bits per heavy atom. The average molecular weight is 340 g/mol. The van der Waals surface area contributed by atoms with E-state index in [1.165, 1.54) is 12.1 Å². The molecule has 0 aliphatic carbocycles. The normalized spacial score (nSPS) is 11.1. The fourth-order valence-corrected chi connectivity index (χ4v) is 1.98. The second kappa shape index (κ2) is 7.12. The maximum atomic E-state index is 13.3. The zero-order valence-corrected chi connectivity index (χ0v) is 12.2. The van der Waals surface area contributed by atoms with E-state index in [0.29, 0.717) is 18.6 Å². The molecule has 0 saturated heterocycles. The first-order valence-electron chi connectivity index (χ1n) is 6.90. The number of nitrogens with one attached hydrogen (secondary N) is 2. The van der Waals surface area contributed by atoms with Crippen molar-refractivity contribution in [2.45, 2.75) is 25.4 Å².